The summed E-state index contributed by atoms with van der Waals surface area (Å²) in [4.78, 5) is 0.0604. The fourth-order valence-electron chi connectivity index (χ4n) is 2.59. The number of fused-ring (bicyclic) bond motifs is 1. The van der Waals surface area contributed by atoms with Gasteiger partial charge in [-0.25, -0.2) is 12.8 Å². The summed E-state index contributed by atoms with van der Waals surface area (Å²) in [6.07, 6.45) is 0.570. The molecule has 3 rings (SSSR count). The van der Waals surface area contributed by atoms with Gasteiger partial charge in [0, 0.05) is 6.54 Å². The minimum atomic E-state index is -3.77. The molecule has 1 aliphatic rings. The van der Waals surface area contributed by atoms with Gasteiger partial charge in [0.2, 0.25) is 0 Å². The molecular formula is C15H15FN2O2S. The fourth-order valence-corrected chi connectivity index (χ4v) is 4.19. The van der Waals surface area contributed by atoms with E-state index in [2.05, 4.69) is 0 Å². The Bertz CT molecular complexity index is 818. The summed E-state index contributed by atoms with van der Waals surface area (Å²) in [7, 11) is -3.77. The van der Waals surface area contributed by atoms with Gasteiger partial charge in [0.25, 0.3) is 10.0 Å². The zero-order chi connectivity index (χ0) is 15.2. The molecule has 0 saturated carbocycles. The topological polar surface area (TPSA) is 63.4 Å². The number of hydrogen-bond donors (Lipinski definition) is 1. The predicted octanol–water partition coefficient (Wildman–Crippen LogP) is 2.47. The number of sulfonamides is 1. The summed E-state index contributed by atoms with van der Waals surface area (Å²) in [5.41, 5.74) is 8.16. The summed E-state index contributed by atoms with van der Waals surface area (Å²) >= 11 is 0. The maximum absolute atomic E-state index is 13.4. The van der Waals surface area contributed by atoms with Gasteiger partial charge in [-0.1, -0.05) is 12.1 Å². The van der Waals surface area contributed by atoms with Crippen LogP contribution in [0.25, 0.3) is 0 Å². The minimum Gasteiger partial charge on any atom is -0.398 e. The number of aryl methyl sites for hydroxylation is 1. The Labute approximate surface area is 123 Å². The van der Waals surface area contributed by atoms with Gasteiger partial charge in [-0.15, -0.1) is 0 Å². The summed E-state index contributed by atoms with van der Waals surface area (Å²) in [6, 6.07) is 9.04. The van der Waals surface area contributed by atoms with Crippen LogP contribution in [0.4, 0.5) is 15.8 Å². The second-order valence-electron chi connectivity index (χ2n) is 5.14. The van der Waals surface area contributed by atoms with E-state index < -0.39 is 15.8 Å². The van der Waals surface area contributed by atoms with Crippen LogP contribution in [0.2, 0.25) is 0 Å². The lowest BCUT2D eigenvalue weighted by Crippen LogP contribution is -2.29. The standard InChI is InChI=1S/C15H15FN2O2S/c1-10-2-5-15(13(17)8-10)21(19,20)18-7-6-11-3-4-12(16)9-14(11)18/h2-5,8-9H,6-7,17H2,1H3. The zero-order valence-electron chi connectivity index (χ0n) is 11.5. The van der Waals surface area contributed by atoms with E-state index in [-0.39, 0.29) is 10.6 Å². The van der Waals surface area contributed by atoms with Gasteiger partial charge in [0.1, 0.15) is 10.7 Å². The van der Waals surface area contributed by atoms with Gasteiger partial charge >= 0.3 is 0 Å². The molecule has 0 aliphatic carbocycles. The highest BCUT2D eigenvalue weighted by Crippen LogP contribution is 2.35. The van der Waals surface area contributed by atoms with Gasteiger partial charge in [-0.05, 0) is 48.7 Å². The molecular weight excluding hydrogens is 291 g/mol. The van der Waals surface area contributed by atoms with Crippen molar-refractivity contribution in [3.8, 4) is 0 Å². The van der Waals surface area contributed by atoms with Crippen LogP contribution in [0.3, 0.4) is 0 Å². The molecule has 2 N–H and O–H groups in total. The van der Waals surface area contributed by atoms with Crippen LogP contribution in [-0.2, 0) is 16.4 Å². The number of rotatable bonds is 2. The number of nitrogens with two attached hydrogens (primary N) is 1. The first-order valence-corrected chi connectivity index (χ1v) is 8.01. The molecule has 110 valence electrons. The molecule has 2 aromatic carbocycles. The maximum Gasteiger partial charge on any atom is 0.266 e. The third-order valence-electron chi connectivity index (χ3n) is 3.63. The van der Waals surface area contributed by atoms with E-state index >= 15 is 0 Å². The maximum atomic E-state index is 13.4. The van der Waals surface area contributed by atoms with Crippen LogP contribution >= 0.6 is 0 Å². The van der Waals surface area contributed by atoms with Gasteiger partial charge in [0.15, 0.2) is 0 Å². The SMILES string of the molecule is Cc1ccc(S(=O)(=O)N2CCc3ccc(F)cc32)c(N)c1. The molecule has 1 aliphatic heterocycles. The van der Waals surface area contributed by atoms with Crippen molar-refractivity contribution in [3.05, 3.63) is 53.3 Å². The van der Waals surface area contributed by atoms with E-state index in [0.717, 1.165) is 11.1 Å². The smallest absolute Gasteiger partial charge is 0.266 e. The lowest BCUT2D eigenvalue weighted by molar-refractivity contribution is 0.592. The van der Waals surface area contributed by atoms with Crippen LogP contribution in [-0.4, -0.2) is 15.0 Å². The normalized spacial score (nSPS) is 14.3. The van der Waals surface area contributed by atoms with E-state index in [0.29, 0.717) is 18.7 Å². The average Bonchev–Trinajstić information content (AvgIpc) is 2.81. The van der Waals surface area contributed by atoms with Crippen molar-refractivity contribution in [2.45, 2.75) is 18.2 Å². The Morgan fingerprint density at radius 1 is 1.19 bits per heavy atom. The molecule has 0 unspecified atom stereocenters. The highest BCUT2D eigenvalue weighted by molar-refractivity contribution is 7.93. The molecule has 2 aromatic rings. The largest absolute Gasteiger partial charge is 0.398 e. The molecule has 4 nitrogen and oxygen atoms in total. The Balaban J connectivity index is 2.11. The van der Waals surface area contributed by atoms with Crippen molar-refractivity contribution in [1.82, 2.24) is 0 Å². The van der Waals surface area contributed by atoms with Crippen LogP contribution < -0.4 is 10.0 Å². The lowest BCUT2D eigenvalue weighted by Gasteiger charge is -2.20. The zero-order valence-corrected chi connectivity index (χ0v) is 12.3. The molecule has 21 heavy (non-hydrogen) atoms. The van der Waals surface area contributed by atoms with Crippen molar-refractivity contribution in [2.24, 2.45) is 0 Å². The van der Waals surface area contributed by atoms with Crippen LogP contribution in [0.1, 0.15) is 11.1 Å². The number of nitrogen functional groups attached to an aromatic ring is 1. The van der Waals surface area contributed by atoms with Crippen LogP contribution in [0.15, 0.2) is 41.3 Å². The number of benzene rings is 2. The highest BCUT2D eigenvalue weighted by atomic mass is 32.2. The molecule has 0 fully saturated rings. The van der Waals surface area contributed by atoms with E-state index in [4.69, 9.17) is 5.73 Å². The first-order chi connectivity index (χ1) is 9.89. The number of anilines is 2. The van der Waals surface area contributed by atoms with E-state index in [1.165, 1.54) is 22.5 Å². The Morgan fingerprint density at radius 2 is 1.95 bits per heavy atom. The quantitative estimate of drug-likeness (QED) is 0.867. The average molecular weight is 306 g/mol. The minimum absolute atomic E-state index is 0.0604. The number of nitrogens with zero attached hydrogens (tertiary/aromatic N) is 1. The van der Waals surface area contributed by atoms with Gasteiger partial charge in [0.05, 0.1) is 11.4 Å². The fraction of sp³-hybridized carbons (Fsp3) is 0.200. The van der Waals surface area contributed by atoms with E-state index in [1.807, 2.05) is 6.92 Å². The predicted molar refractivity (Wildman–Crippen MR) is 80.2 cm³/mol. The Kier molecular flexibility index (Phi) is 3.13. The van der Waals surface area contributed by atoms with Crippen molar-refractivity contribution in [3.63, 3.8) is 0 Å². The molecule has 0 saturated heterocycles. The van der Waals surface area contributed by atoms with E-state index in [1.54, 1.807) is 18.2 Å². The molecule has 0 radical (unpaired) electrons. The molecule has 0 bridgehead atoms. The molecule has 0 spiro atoms. The summed E-state index contributed by atoms with van der Waals surface area (Å²) in [5, 5.41) is 0. The molecule has 6 heteroatoms. The van der Waals surface area contributed by atoms with Crippen molar-refractivity contribution >= 4 is 21.4 Å². The molecule has 0 aromatic heterocycles. The number of hydrogen-bond acceptors (Lipinski definition) is 3. The summed E-state index contributed by atoms with van der Waals surface area (Å²) in [6.45, 7) is 2.14. The lowest BCUT2D eigenvalue weighted by atomic mass is 10.2. The Morgan fingerprint density at radius 3 is 2.67 bits per heavy atom. The third kappa shape index (κ3) is 2.25. The van der Waals surface area contributed by atoms with Gasteiger partial charge in [-0.3, -0.25) is 4.31 Å². The van der Waals surface area contributed by atoms with Crippen LogP contribution in [0.5, 0.6) is 0 Å². The van der Waals surface area contributed by atoms with Crippen molar-refractivity contribution < 1.29 is 12.8 Å². The second kappa shape index (κ2) is 4.73. The highest BCUT2D eigenvalue weighted by Gasteiger charge is 2.32. The van der Waals surface area contributed by atoms with Gasteiger partial charge in [-0.2, -0.15) is 0 Å². The van der Waals surface area contributed by atoms with E-state index in [9.17, 15) is 12.8 Å². The monoisotopic (exact) mass is 306 g/mol. The van der Waals surface area contributed by atoms with Crippen molar-refractivity contribution in [2.75, 3.05) is 16.6 Å². The van der Waals surface area contributed by atoms with Crippen molar-refractivity contribution in [1.29, 1.82) is 0 Å². The van der Waals surface area contributed by atoms with Crippen LogP contribution in [0, 0.1) is 12.7 Å². The second-order valence-corrected chi connectivity index (χ2v) is 6.97. The van der Waals surface area contributed by atoms with Gasteiger partial charge < -0.3 is 5.73 Å². The molecule has 1 heterocycles. The summed E-state index contributed by atoms with van der Waals surface area (Å²) in [5.74, 6) is -0.451. The Hall–Kier alpha value is -2.08. The first-order valence-electron chi connectivity index (χ1n) is 6.57. The molecule has 0 atom stereocenters. The molecule has 0 amide bonds. The third-order valence-corrected chi connectivity index (χ3v) is 5.52. The summed E-state index contributed by atoms with van der Waals surface area (Å²) < 4.78 is 40.2. The first kappa shape index (κ1) is 13.9. The number of halogens is 1.